The minimum atomic E-state index is -3.97. The average Bonchev–Trinajstić information content (AvgIpc) is 3.17. The first kappa shape index (κ1) is 18.3. The molecule has 0 spiro atoms. The van der Waals surface area contributed by atoms with Gasteiger partial charge in [-0.25, -0.2) is 13.4 Å². The summed E-state index contributed by atoms with van der Waals surface area (Å²) in [5.41, 5.74) is 5.02. The molecule has 0 aromatic carbocycles. The molecule has 0 saturated heterocycles. The summed E-state index contributed by atoms with van der Waals surface area (Å²) in [6.07, 6.45) is 3.74. The van der Waals surface area contributed by atoms with Gasteiger partial charge in [-0.05, 0) is 38.8 Å². The summed E-state index contributed by atoms with van der Waals surface area (Å²) in [6, 6.07) is 3.18. The second-order valence-corrected chi connectivity index (χ2v) is 8.09. The summed E-state index contributed by atoms with van der Waals surface area (Å²) < 4.78 is 33.3. The number of aromatic nitrogens is 2. The highest BCUT2D eigenvalue weighted by atomic mass is 32.2. The van der Waals surface area contributed by atoms with E-state index in [1.165, 1.54) is 13.1 Å². The number of nitrogens with two attached hydrogens (primary N) is 1. The van der Waals surface area contributed by atoms with Crippen LogP contribution in [0.3, 0.4) is 0 Å². The van der Waals surface area contributed by atoms with E-state index < -0.39 is 21.5 Å². The fraction of sp³-hybridized carbons (Fsp3) is 0.438. The number of nitrogens with one attached hydrogen (secondary N) is 2. The molecule has 1 aliphatic carbocycles. The second kappa shape index (κ2) is 6.69. The van der Waals surface area contributed by atoms with E-state index >= 15 is 0 Å². The van der Waals surface area contributed by atoms with Gasteiger partial charge in [0.1, 0.15) is 21.9 Å². The summed E-state index contributed by atoms with van der Waals surface area (Å²) >= 11 is 0. The molecule has 0 unspecified atom stereocenters. The maximum absolute atomic E-state index is 12.9. The van der Waals surface area contributed by atoms with Crippen molar-refractivity contribution >= 4 is 27.4 Å². The second-order valence-electron chi connectivity index (χ2n) is 6.47. The molecule has 9 nitrogen and oxygen atoms in total. The van der Waals surface area contributed by atoms with Crippen molar-refractivity contribution < 1.29 is 17.7 Å². The molecule has 3 rings (SSSR count). The number of amides is 1. The van der Waals surface area contributed by atoms with E-state index in [1.807, 2.05) is 0 Å². The fourth-order valence-corrected chi connectivity index (χ4v) is 5.01. The molecule has 1 aliphatic rings. The summed E-state index contributed by atoms with van der Waals surface area (Å²) in [6.45, 7) is 3.07. The van der Waals surface area contributed by atoms with E-state index in [2.05, 4.69) is 20.2 Å². The molecule has 2 aromatic rings. The van der Waals surface area contributed by atoms with Gasteiger partial charge in [-0.2, -0.15) is 4.72 Å². The number of aryl methyl sites for hydroxylation is 2. The van der Waals surface area contributed by atoms with Crippen LogP contribution in [0.4, 0.5) is 11.5 Å². The van der Waals surface area contributed by atoms with Gasteiger partial charge >= 0.3 is 0 Å². The van der Waals surface area contributed by atoms with E-state index in [-0.39, 0.29) is 16.3 Å². The molecule has 1 amide bonds. The van der Waals surface area contributed by atoms with Gasteiger partial charge in [-0.15, -0.1) is 0 Å². The van der Waals surface area contributed by atoms with Crippen LogP contribution in [0.1, 0.15) is 37.1 Å². The van der Waals surface area contributed by atoms with Crippen molar-refractivity contribution in [2.24, 2.45) is 0 Å². The Kier molecular flexibility index (Phi) is 4.72. The lowest BCUT2D eigenvalue weighted by Crippen LogP contribution is -2.55. The van der Waals surface area contributed by atoms with Gasteiger partial charge < -0.3 is 15.6 Å². The Morgan fingerprint density at radius 1 is 1.27 bits per heavy atom. The van der Waals surface area contributed by atoms with Crippen molar-refractivity contribution in [2.45, 2.75) is 50.0 Å². The predicted octanol–water partition coefficient (Wildman–Crippen LogP) is 1.50. The lowest BCUT2D eigenvalue weighted by atomic mass is 9.98. The third-order valence-electron chi connectivity index (χ3n) is 4.50. The Morgan fingerprint density at radius 3 is 2.50 bits per heavy atom. The zero-order valence-corrected chi connectivity index (χ0v) is 15.4. The molecule has 1 saturated carbocycles. The number of sulfonamides is 1. The number of nitrogens with zero attached hydrogens (tertiary/aromatic N) is 2. The van der Waals surface area contributed by atoms with Gasteiger partial charge in [-0.3, -0.25) is 4.79 Å². The fourth-order valence-electron chi connectivity index (χ4n) is 3.25. The third kappa shape index (κ3) is 3.42. The van der Waals surface area contributed by atoms with Crippen LogP contribution in [-0.2, 0) is 14.8 Å². The summed E-state index contributed by atoms with van der Waals surface area (Å²) in [7, 11) is -3.97. The number of rotatable bonds is 5. The molecule has 2 heterocycles. The molecule has 0 atom stereocenters. The van der Waals surface area contributed by atoms with Crippen molar-refractivity contribution in [1.82, 2.24) is 14.9 Å². The predicted molar refractivity (Wildman–Crippen MR) is 94.8 cm³/mol. The lowest BCUT2D eigenvalue weighted by Gasteiger charge is -2.28. The number of pyridine rings is 1. The summed E-state index contributed by atoms with van der Waals surface area (Å²) in [5, 5.41) is 6.41. The molecule has 4 N–H and O–H groups in total. The molecule has 1 fully saturated rings. The number of anilines is 2. The van der Waals surface area contributed by atoms with Crippen molar-refractivity contribution in [1.29, 1.82) is 0 Å². The van der Waals surface area contributed by atoms with Crippen LogP contribution in [0.2, 0.25) is 0 Å². The number of nitrogen functional groups attached to an aromatic ring is 1. The number of carbonyl (C=O) groups is 1. The van der Waals surface area contributed by atoms with E-state index in [0.29, 0.717) is 24.3 Å². The van der Waals surface area contributed by atoms with Crippen LogP contribution >= 0.6 is 0 Å². The van der Waals surface area contributed by atoms with Crippen LogP contribution in [0.5, 0.6) is 0 Å². The van der Waals surface area contributed by atoms with Crippen LogP contribution in [0.25, 0.3) is 0 Å². The highest BCUT2D eigenvalue weighted by Crippen LogP contribution is 2.33. The molecule has 140 valence electrons. The zero-order valence-electron chi connectivity index (χ0n) is 14.6. The average molecular weight is 379 g/mol. The number of hydrogen-bond acceptors (Lipinski definition) is 7. The highest BCUT2D eigenvalue weighted by molar-refractivity contribution is 7.89. The van der Waals surface area contributed by atoms with E-state index in [9.17, 15) is 13.2 Å². The maximum atomic E-state index is 12.9. The normalized spacial score (nSPS) is 16.5. The first-order valence-corrected chi connectivity index (χ1v) is 9.72. The Bertz CT molecular complexity index is 895. The lowest BCUT2D eigenvalue weighted by molar-refractivity contribution is -0.121. The Hall–Kier alpha value is -2.46. The first-order valence-electron chi connectivity index (χ1n) is 8.23. The van der Waals surface area contributed by atoms with E-state index in [1.54, 1.807) is 19.1 Å². The Labute approximate surface area is 151 Å². The van der Waals surface area contributed by atoms with Crippen molar-refractivity contribution in [2.75, 3.05) is 11.1 Å². The smallest absolute Gasteiger partial charge is 0.246 e. The number of carbonyl (C=O) groups excluding carboxylic acids is 1. The van der Waals surface area contributed by atoms with Gasteiger partial charge in [0.05, 0.1) is 11.9 Å². The largest absolute Gasteiger partial charge is 0.384 e. The molecule has 10 heteroatoms. The molecule has 0 aliphatic heterocycles. The van der Waals surface area contributed by atoms with Crippen LogP contribution < -0.4 is 15.8 Å². The van der Waals surface area contributed by atoms with Gasteiger partial charge in [0.15, 0.2) is 5.76 Å². The van der Waals surface area contributed by atoms with Gasteiger partial charge in [0, 0.05) is 0 Å². The summed E-state index contributed by atoms with van der Waals surface area (Å²) in [5.74, 6) is 0.0980. The van der Waals surface area contributed by atoms with Gasteiger partial charge in [0.25, 0.3) is 0 Å². The molecular weight excluding hydrogens is 358 g/mol. The topological polar surface area (TPSA) is 140 Å². The minimum absolute atomic E-state index is 0.0225. The molecule has 26 heavy (non-hydrogen) atoms. The number of hydrogen-bond donors (Lipinski definition) is 3. The van der Waals surface area contributed by atoms with Gasteiger partial charge in [0.2, 0.25) is 15.9 Å². The molecule has 0 bridgehead atoms. The summed E-state index contributed by atoms with van der Waals surface area (Å²) in [4.78, 5) is 16.8. The zero-order chi connectivity index (χ0) is 18.9. The molecule has 0 radical (unpaired) electrons. The Morgan fingerprint density at radius 2 is 1.96 bits per heavy atom. The monoisotopic (exact) mass is 379 g/mol. The van der Waals surface area contributed by atoms with Crippen LogP contribution in [0.15, 0.2) is 27.7 Å². The van der Waals surface area contributed by atoms with Crippen molar-refractivity contribution in [3.8, 4) is 0 Å². The van der Waals surface area contributed by atoms with E-state index in [4.69, 9.17) is 10.3 Å². The SMILES string of the molecule is Cc1noc(C)c1S(=O)(=O)NC1(C(=O)Nc2ccc(N)nc2)CCCC1. The van der Waals surface area contributed by atoms with Crippen LogP contribution in [0, 0.1) is 13.8 Å². The van der Waals surface area contributed by atoms with Crippen molar-refractivity contribution in [3.63, 3.8) is 0 Å². The van der Waals surface area contributed by atoms with Gasteiger partial charge in [-0.1, -0.05) is 18.0 Å². The molecule has 2 aromatic heterocycles. The Balaban J connectivity index is 1.88. The quantitative estimate of drug-likeness (QED) is 0.715. The standard InChI is InChI=1S/C16H21N5O4S/c1-10-14(11(2)25-20-10)26(23,24)21-16(7-3-4-8-16)15(22)19-12-5-6-13(17)18-9-12/h5-6,9,21H,3-4,7-8H2,1-2H3,(H2,17,18)(H,19,22). The van der Waals surface area contributed by atoms with Crippen molar-refractivity contribution in [3.05, 3.63) is 29.8 Å². The first-order chi connectivity index (χ1) is 12.2. The highest BCUT2D eigenvalue weighted by Gasteiger charge is 2.45. The van der Waals surface area contributed by atoms with Crippen LogP contribution in [-0.4, -0.2) is 30.0 Å². The van der Waals surface area contributed by atoms with E-state index in [0.717, 1.165) is 12.8 Å². The minimum Gasteiger partial charge on any atom is -0.384 e. The maximum Gasteiger partial charge on any atom is 0.246 e. The molecular formula is C16H21N5O4S. The third-order valence-corrected chi connectivity index (χ3v) is 6.28.